The third-order valence-corrected chi connectivity index (χ3v) is 3.44. The molecule has 5 heteroatoms. The second kappa shape index (κ2) is 4.42. The molecule has 0 aliphatic rings. The number of hydrogen-bond acceptors (Lipinski definition) is 3. The third-order valence-electron chi connectivity index (χ3n) is 1.89. The topological polar surface area (TPSA) is 49.3 Å². The van der Waals surface area contributed by atoms with Gasteiger partial charge in [0.15, 0.2) is 0 Å². The monoisotopic (exact) mass is 277 g/mol. The molecule has 0 saturated heterocycles. The molecule has 0 fully saturated rings. The molecule has 0 spiro atoms. The maximum Gasteiger partial charge on any atom is 0.323 e. The van der Waals surface area contributed by atoms with E-state index < -0.39 is 11.5 Å². The molecular formula is C9H12BrNO2S. The molecule has 3 nitrogen and oxygen atoms in total. The van der Waals surface area contributed by atoms with Gasteiger partial charge in [0.2, 0.25) is 0 Å². The number of rotatable bonds is 4. The summed E-state index contributed by atoms with van der Waals surface area (Å²) in [5.74, 6) is -0.841. The summed E-state index contributed by atoms with van der Waals surface area (Å²) in [6.07, 6.45) is 0. The number of carboxylic acids is 1. The summed E-state index contributed by atoms with van der Waals surface area (Å²) in [7, 11) is 0. The van der Waals surface area contributed by atoms with Crippen molar-refractivity contribution in [2.75, 3.05) is 0 Å². The van der Waals surface area contributed by atoms with Crippen molar-refractivity contribution < 1.29 is 9.90 Å². The summed E-state index contributed by atoms with van der Waals surface area (Å²) in [5, 5.41) is 13.8. The minimum absolute atomic E-state index is 0.571. The van der Waals surface area contributed by atoms with Gasteiger partial charge in [0.05, 0.1) is 3.79 Å². The standard InChI is InChI=1S/C9H12BrNO2S/c1-9(2,8(12)13)11-4-6-3-7(10)14-5-6/h3,5,11H,4H2,1-2H3,(H,12,13). The average molecular weight is 278 g/mol. The first-order chi connectivity index (χ1) is 6.42. The Balaban J connectivity index is 2.52. The highest BCUT2D eigenvalue weighted by Crippen LogP contribution is 2.20. The van der Waals surface area contributed by atoms with Crippen molar-refractivity contribution in [3.8, 4) is 0 Å². The quantitative estimate of drug-likeness (QED) is 0.889. The maximum atomic E-state index is 10.8. The Bertz CT molecular complexity index is 335. The number of hydrogen-bond donors (Lipinski definition) is 2. The molecule has 1 heterocycles. The van der Waals surface area contributed by atoms with Crippen LogP contribution in [0.3, 0.4) is 0 Å². The molecule has 78 valence electrons. The molecule has 1 rings (SSSR count). The molecule has 0 aromatic carbocycles. The Morgan fingerprint density at radius 3 is 2.79 bits per heavy atom. The second-order valence-electron chi connectivity index (χ2n) is 3.54. The van der Waals surface area contributed by atoms with Crippen LogP contribution in [0.1, 0.15) is 19.4 Å². The van der Waals surface area contributed by atoms with Gasteiger partial charge in [0.1, 0.15) is 5.54 Å². The van der Waals surface area contributed by atoms with Crippen LogP contribution in [0.5, 0.6) is 0 Å². The van der Waals surface area contributed by atoms with Crippen molar-refractivity contribution in [1.29, 1.82) is 0 Å². The van der Waals surface area contributed by atoms with Crippen molar-refractivity contribution in [3.05, 3.63) is 20.8 Å². The van der Waals surface area contributed by atoms with Gasteiger partial charge in [-0.2, -0.15) is 0 Å². The lowest BCUT2D eigenvalue weighted by atomic mass is 10.1. The molecule has 0 bridgehead atoms. The largest absolute Gasteiger partial charge is 0.480 e. The van der Waals surface area contributed by atoms with Crippen LogP contribution in [0.2, 0.25) is 0 Å². The van der Waals surface area contributed by atoms with Gasteiger partial charge in [0.25, 0.3) is 0 Å². The molecule has 0 saturated carbocycles. The van der Waals surface area contributed by atoms with Crippen LogP contribution in [-0.4, -0.2) is 16.6 Å². The van der Waals surface area contributed by atoms with Gasteiger partial charge in [-0.3, -0.25) is 10.1 Å². The van der Waals surface area contributed by atoms with E-state index in [4.69, 9.17) is 5.11 Å². The van der Waals surface area contributed by atoms with Crippen molar-refractivity contribution in [3.63, 3.8) is 0 Å². The first-order valence-corrected chi connectivity index (χ1v) is 5.80. The Morgan fingerprint density at radius 2 is 2.36 bits per heavy atom. The molecular weight excluding hydrogens is 266 g/mol. The number of aliphatic carboxylic acids is 1. The summed E-state index contributed by atoms with van der Waals surface area (Å²) in [4.78, 5) is 10.8. The van der Waals surface area contributed by atoms with Crippen molar-refractivity contribution in [2.45, 2.75) is 25.9 Å². The summed E-state index contributed by atoms with van der Waals surface area (Å²) in [5.41, 5.74) is 0.213. The zero-order valence-corrected chi connectivity index (χ0v) is 10.4. The Labute approximate surface area is 95.3 Å². The second-order valence-corrected chi connectivity index (χ2v) is 5.83. The van der Waals surface area contributed by atoms with E-state index in [1.165, 1.54) is 0 Å². The highest BCUT2D eigenvalue weighted by Gasteiger charge is 2.25. The van der Waals surface area contributed by atoms with Crippen LogP contribution in [0.4, 0.5) is 0 Å². The Kier molecular flexibility index (Phi) is 3.69. The Morgan fingerprint density at radius 1 is 1.71 bits per heavy atom. The van der Waals surface area contributed by atoms with Crippen LogP contribution in [0, 0.1) is 0 Å². The van der Waals surface area contributed by atoms with Crippen LogP contribution in [0.15, 0.2) is 15.2 Å². The Hall–Kier alpha value is -0.390. The van der Waals surface area contributed by atoms with E-state index in [1.54, 1.807) is 25.2 Å². The van der Waals surface area contributed by atoms with Gasteiger partial charge in [-0.05, 0) is 46.8 Å². The SMILES string of the molecule is CC(C)(NCc1csc(Br)c1)C(=O)O. The maximum absolute atomic E-state index is 10.8. The molecule has 0 aliphatic heterocycles. The molecule has 0 radical (unpaired) electrons. The van der Waals surface area contributed by atoms with E-state index in [2.05, 4.69) is 21.2 Å². The predicted octanol–water partition coefficient (Wildman–Crippen LogP) is 2.46. The van der Waals surface area contributed by atoms with Crippen LogP contribution in [-0.2, 0) is 11.3 Å². The van der Waals surface area contributed by atoms with E-state index in [-0.39, 0.29) is 0 Å². The molecule has 0 amide bonds. The van der Waals surface area contributed by atoms with E-state index in [9.17, 15) is 4.79 Å². The van der Waals surface area contributed by atoms with E-state index in [0.29, 0.717) is 6.54 Å². The minimum Gasteiger partial charge on any atom is -0.480 e. The summed E-state index contributed by atoms with van der Waals surface area (Å²) in [6, 6.07) is 1.98. The van der Waals surface area contributed by atoms with E-state index >= 15 is 0 Å². The average Bonchev–Trinajstić information content (AvgIpc) is 2.48. The molecule has 0 unspecified atom stereocenters. The smallest absolute Gasteiger partial charge is 0.323 e. The fourth-order valence-corrected chi connectivity index (χ4v) is 2.05. The van der Waals surface area contributed by atoms with Gasteiger partial charge < -0.3 is 5.11 Å². The lowest BCUT2D eigenvalue weighted by Gasteiger charge is -2.20. The summed E-state index contributed by atoms with van der Waals surface area (Å²) < 4.78 is 1.06. The highest BCUT2D eigenvalue weighted by atomic mass is 79.9. The zero-order valence-electron chi connectivity index (χ0n) is 8.00. The predicted molar refractivity (Wildman–Crippen MR) is 60.6 cm³/mol. The molecule has 1 aromatic rings. The number of thiophene rings is 1. The van der Waals surface area contributed by atoms with E-state index in [0.717, 1.165) is 9.35 Å². The summed E-state index contributed by atoms with van der Waals surface area (Å²) in [6.45, 7) is 3.87. The third kappa shape index (κ3) is 3.08. The minimum atomic E-state index is -0.881. The van der Waals surface area contributed by atoms with E-state index in [1.807, 2.05) is 11.4 Å². The molecule has 0 atom stereocenters. The molecule has 1 aromatic heterocycles. The van der Waals surface area contributed by atoms with Crippen LogP contribution >= 0.6 is 27.3 Å². The number of carboxylic acid groups (broad SMARTS) is 1. The fourth-order valence-electron chi connectivity index (χ4n) is 0.837. The highest BCUT2D eigenvalue weighted by molar-refractivity contribution is 9.11. The lowest BCUT2D eigenvalue weighted by molar-refractivity contribution is -0.143. The molecule has 0 aliphatic carbocycles. The van der Waals surface area contributed by atoms with Gasteiger partial charge in [-0.1, -0.05) is 0 Å². The van der Waals surface area contributed by atoms with Gasteiger partial charge in [-0.15, -0.1) is 11.3 Å². The van der Waals surface area contributed by atoms with Crippen LogP contribution in [0.25, 0.3) is 0 Å². The lowest BCUT2D eigenvalue weighted by Crippen LogP contribution is -2.46. The number of halogens is 1. The van der Waals surface area contributed by atoms with Crippen LogP contribution < -0.4 is 5.32 Å². The number of carbonyl (C=O) groups is 1. The normalized spacial score (nSPS) is 11.6. The van der Waals surface area contributed by atoms with Gasteiger partial charge >= 0.3 is 5.97 Å². The van der Waals surface area contributed by atoms with Crippen molar-refractivity contribution in [1.82, 2.24) is 5.32 Å². The zero-order chi connectivity index (χ0) is 10.8. The van der Waals surface area contributed by atoms with Crippen molar-refractivity contribution in [2.24, 2.45) is 0 Å². The first-order valence-electron chi connectivity index (χ1n) is 4.13. The van der Waals surface area contributed by atoms with Gasteiger partial charge in [0, 0.05) is 6.54 Å². The molecule has 2 N–H and O–H groups in total. The molecule has 14 heavy (non-hydrogen) atoms. The fraction of sp³-hybridized carbons (Fsp3) is 0.444. The van der Waals surface area contributed by atoms with Gasteiger partial charge in [-0.25, -0.2) is 0 Å². The summed E-state index contributed by atoms with van der Waals surface area (Å²) >= 11 is 4.95. The number of nitrogens with one attached hydrogen (secondary N) is 1. The van der Waals surface area contributed by atoms with Crippen molar-refractivity contribution >= 4 is 33.2 Å². The first kappa shape index (κ1) is 11.7.